The van der Waals surface area contributed by atoms with E-state index >= 15 is 0 Å². The molecule has 1 heterocycles. The number of rotatable bonds is 11. The summed E-state index contributed by atoms with van der Waals surface area (Å²) in [4.78, 5) is 12.9. The van der Waals surface area contributed by atoms with Crippen LogP contribution in [0, 0.1) is 10.5 Å². The van der Waals surface area contributed by atoms with E-state index in [4.69, 9.17) is 0 Å². The fourth-order valence-corrected chi connectivity index (χ4v) is 6.16. The molecule has 3 N–H and O–H groups in total. The molecule has 0 saturated carbocycles. The van der Waals surface area contributed by atoms with Gasteiger partial charge in [0.25, 0.3) is 10.0 Å². The van der Waals surface area contributed by atoms with Gasteiger partial charge in [-0.2, -0.15) is 0 Å². The van der Waals surface area contributed by atoms with Gasteiger partial charge in [-0.1, -0.05) is 47.7 Å². The van der Waals surface area contributed by atoms with Crippen LogP contribution in [0.4, 0.5) is 17.1 Å². The molecule has 0 fully saturated rings. The number of carbonyl (C=O) groups is 1. The molecule has 12 heteroatoms. The molecule has 0 unspecified atom stereocenters. The first-order valence-corrected chi connectivity index (χ1v) is 16.4. The van der Waals surface area contributed by atoms with Crippen LogP contribution in [0.5, 0.6) is 0 Å². The van der Waals surface area contributed by atoms with Gasteiger partial charge >= 0.3 is 0 Å². The first-order chi connectivity index (χ1) is 20.3. The minimum atomic E-state index is -3.76. The molecule has 1 amide bonds. The van der Waals surface area contributed by atoms with E-state index in [1.54, 1.807) is 24.3 Å². The maximum Gasteiger partial charge on any atom is 0.261 e. The zero-order valence-electron chi connectivity index (χ0n) is 22.5. The highest BCUT2D eigenvalue weighted by atomic mass is 127. The average Bonchev–Trinajstić information content (AvgIpc) is 3.40. The Balaban J connectivity index is 1.22. The Bertz CT molecular complexity index is 1760. The zero-order valence-corrected chi connectivity index (χ0v) is 26.3. The van der Waals surface area contributed by atoms with Gasteiger partial charge in [-0.25, -0.2) is 8.42 Å². The molecule has 42 heavy (non-hydrogen) atoms. The first-order valence-electron chi connectivity index (χ1n) is 12.9. The molecule has 1 aromatic heterocycles. The van der Waals surface area contributed by atoms with Crippen molar-refractivity contribution >= 4 is 67.3 Å². The van der Waals surface area contributed by atoms with E-state index in [1.165, 1.54) is 23.9 Å². The summed E-state index contributed by atoms with van der Waals surface area (Å²) in [6.07, 6.45) is 0. The second-order valence-electron chi connectivity index (χ2n) is 9.26. The lowest BCUT2D eigenvalue weighted by Crippen LogP contribution is -2.16. The molecular formula is C30H27IN6O3S2. The van der Waals surface area contributed by atoms with Gasteiger partial charge in [0.15, 0.2) is 11.0 Å². The van der Waals surface area contributed by atoms with Crippen molar-refractivity contribution in [1.29, 1.82) is 0 Å². The van der Waals surface area contributed by atoms with Gasteiger partial charge < -0.3 is 10.6 Å². The quantitative estimate of drug-likeness (QED) is 0.108. The normalized spacial score (nSPS) is 11.2. The number of nitrogens with zero attached hydrogens (tertiary/aromatic N) is 3. The SMILES string of the molecule is Cc1ccc(NS(=O)(=O)c2ccc(NC(=O)CSc3nnc(CNc4ccc(I)cc4)n3-c3ccccc3)cc2)cc1. The van der Waals surface area contributed by atoms with Crippen molar-refractivity contribution in [1.82, 2.24) is 14.8 Å². The van der Waals surface area contributed by atoms with Crippen LogP contribution >= 0.6 is 34.4 Å². The van der Waals surface area contributed by atoms with Crippen molar-refractivity contribution in [3.05, 3.63) is 118 Å². The molecule has 5 rings (SSSR count). The third kappa shape index (κ3) is 7.69. The topological polar surface area (TPSA) is 118 Å². The molecule has 0 radical (unpaired) electrons. The van der Waals surface area contributed by atoms with E-state index < -0.39 is 10.0 Å². The number of anilines is 3. The minimum absolute atomic E-state index is 0.0878. The van der Waals surface area contributed by atoms with E-state index in [0.29, 0.717) is 28.9 Å². The van der Waals surface area contributed by atoms with Gasteiger partial charge in [-0.15, -0.1) is 10.2 Å². The molecule has 0 aliphatic heterocycles. The van der Waals surface area contributed by atoms with Crippen molar-refractivity contribution in [2.24, 2.45) is 0 Å². The highest BCUT2D eigenvalue weighted by Crippen LogP contribution is 2.24. The van der Waals surface area contributed by atoms with Crippen LogP contribution in [0.2, 0.25) is 0 Å². The van der Waals surface area contributed by atoms with Crippen LogP contribution in [0.3, 0.4) is 0 Å². The van der Waals surface area contributed by atoms with E-state index in [1.807, 2.05) is 78.2 Å². The van der Waals surface area contributed by atoms with Gasteiger partial charge in [-0.05, 0) is 102 Å². The average molecular weight is 711 g/mol. The van der Waals surface area contributed by atoms with Crippen LogP contribution < -0.4 is 15.4 Å². The number of sulfonamides is 1. The molecule has 214 valence electrons. The van der Waals surface area contributed by atoms with Crippen molar-refractivity contribution < 1.29 is 13.2 Å². The minimum Gasteiger partial charge on any atom is -0.378 e. The van der Waals surface area contributed by atoms with Crippen molar-refractivity contribution in [3.8, 4) is 5.69 Å². The van der Waals surface area contributed by atoms with Gasteiger partial charge in [0.05, 0.1) is 17.2 Å². The molecule has 0 aliphatic carbocycles. The molecule has 9 nitrogen and oxygen atoms in total. The Morgan fingerprint density at radius 1 is 0.833 bits per heavy atom. The van der Waals surface area contributed by atoms with E-state index in [9.17, 15) is 13.2 Å². The third-order valence-corrected chi connectivity index (χ3v) is 9.14. The number of hydrogen-bond donors (Lipinski definition) is 3. The Kier molecular flexibility index (Phi) is 9.45. The summed E-state index contributed by atoms with van der Waals surface area (Å²) >= 11 is 3.53. The fraction of sp³-hybridized carbons (Fsp3) is 0.100. The number of amides is 1. The lowest BCUT2D eigenvalue weighted by molar-refractivity contribution is -0.113. The predicted molar refractivity (Wildman–Crippen MR) is 176 cm³/mol. The van der Waals surface area contributed by atoms with Crippen LogP contribution in [0.15, 0.2) is 113 Å². The maximum absolute atomic E-state index is 12.8. The fourth-order valence-electron chi connectivity index (χ4n) is 3.97. The maximum atomic E-state index is 12.8. The summed E-state index contributed by atoms with van der Waals surface area (Å²) in [5.74, 6) is 0.540. The Labute approximate surface area is 262 Å². The van der Waals surface area contributed by atoms with E-state index in [0.717, 1.165) is 20.5 Å². The standard InChI is InChI=1S/C30H27IN6O3S2/c1-21-7-11-25(12-8-21)36-42(39,40)27-17-15-24(16-18-27)33-29(38)20-41-30-35-34-28(37(30)26-5-3-2-4-6-26)19-32-23-13-9-22(31)10-14-23/h2-18,32,36H,19-20H2,1H3,(H,33,38). The number of aromatic nitrogens is 3. The number of halogens is 1. The summed E-state index contributed by atoms with van der Waals surface area (Å²) in [5.41, 5.74) is 3.86. The lowest BCUT2D eigenvalue weighted by Gasteiger charge is -2.12. The Morgan fingerprint density at radius 2 is 1.48 bits per heavy atom. The van der Waals surface area contributed by atoms with Crippen LogP contribution in [0.1, 0.15) is 11.4 Å². The second kappa shape index (κ2) is 13.4. The van der Waals surface area contributed by atoms with Crippen molar-refractivity contribution in [2.75, 3.05) is 21.1 Å². The van der Waals surface area contributed by atoms with E-state index in [2.05, 4.69) is 48.1 Å². The van der Waals surface area contributed by atoms with Crippen molar-refractivity contribution in [3.63, 3.8) is 0 Å². The number of hydrogen-bond acceptors (Lipinski definition) is 7. The molecule has 0 saturated heterocycles. The summed E-state index contributed by atoms with van der Waals surface area (Å²) in [6.45, 7) is 2.38. The lowest BCUT2D eigenvalue weighted by atomic mass is 10.2. The number of thioether (sulfide) groups is 1. The van der Waals surface area contributed by atoms with Gasteiger partial charge in [-0.3, -0.25) is 14.1 Å². The molecule has 0 aliphatic rings. The zero-order chi connectivity index (χ0) is 29.5. The number of aryl methyl sites for hydroxylation is 1. The summed E-state index contributed by atoms with van der Waals surface area (Å²) in [7, 11) is -3.76. The van der Waals surface area contributed by atoms with Crippen LogP contribution in [-0.4, -0.2) is 34.8 Å². The smallest absolute Gasteiger partial charge is 0.261 e. The molecular weight excluding hydrogens is 683 g/mol. The number of nitrogens with one attached hydrogen (secondary N) is 3. The number of benzene rings is 4. The highest BCUT2D eigenvalue weighted by Gasteiger charge is 2.17. The number of para-hydroxylation sites is 1. The molecule has 0 atom stereocenters. The summed E-state index contributed by atoms with van der Waals surface area (Å²) in [6, 6.07) is 30.9. The second-order valence-corrected chi connectivity index (χ2v) is 13.1. The first kappa shape index (κ1) is 29.6. The summed E-state index contributed by atoms with van der Waals surface area (Å²) < 4.78 is 31.1. The van der Waals surface area contributed by atoms with Gasteiger partial charge in [0.2, 0.25) is 5.91 Å². The molecule has 5 aromatic rings. The van der Waals surface area contributed by atoms with Crippen LogP contribution in [-0.2, 0) is 21.4 Å². The summed E-state index contributed by atoms with van der Waals surface area (Å²) in [5, 5.41) is 15.5. The van der Waals surface area contributed by atoms with Crippen LogP contribution in [0.25, 0.3) is 5.69 Å². The third-order valence-electron chi connectivity index (χ3n) is 6.09. The molecule has 4 aromatic carbocycles. The van der Waals surface area contributed by atoms with Crippen molar-refractivity contribution in [2.45, 2.75) is 23.5 Å². The predicted octanol–water partition coefficient (Wildman–Crippen LogP) is 6.32. The Morgan fingerprint density at radius 3 is 2.17 bits per heavy atom. The monoisotopic (exact) mass is 710 g/mol. The largest absolute Gasteiger partial charge is 0.378 e. The van der Waals surface area contributed by atoms with E-state index in [-0.39, 0.29) is 16.6 Å². The van der Waals surface area contributed by atoms with Gasteiger partial charge in [0, 0.05) is 26.3 Å². The van der Waals surface area contributed by atoms with Gasteiger partial charge in [0.1, 0.15) is 0 Å². The Hall–Kier alpha value is -3.88. The molecule has 0 spiro atoms. The highest BCUT2D eigenvalue weighted by molar-refractivity contribution is 14.1. The number of carbonyl (C=O) groups excluding carboxylic acids is 1. The molecule has 0 bridgehead atoms.